The van der Waals surface area contributed by atoms with Crippen LogP contribution >= 0.6 is 0 Å². The minimum Gasteiger partial charge on any atom is -0.497 e. The maximum absolute atomic E-state index is 13.6. The van der Waals surface area contributed by atoms with Crippen molar-refractivity contribution in [3.05, 3.63) is 71.9 Å². The number of carbonyl (C=O) groups is 2. The molecule has 0 saturated carbocycles. The van der Waals surface area contributed by atoms with Crippen molar-refractivity contribution >= 4 is 17.6 Å². The summed E-state index contributed by atoms with van der Waals surface area (Å²) in [5.41, 5.74) is 0.911. The van der Waals surface area contributed by atoms with E-state index in [-0.39, 0.29) is 11.3 Å². The number of carbonyl (C=O) groups excluding carboxylic acids is 2. The molecule has 140 valence electrons. The molecule has 1 fully saturated rings. The molecule has 2 aromatic rings. The van der Waals surface area contributed by atoms with Gasteiger partial charge in [-0.1, -0.05) is 12.6 Å². The van der Waals surface area contributed by atoms with Crippen molar-refractivity contribution in [3.8, 4) is 5.75 Å². The molecule has 0 radical (unpaired) electrons. The fourth-order valence-electron chi connectivity index (χ4n) is 2.87. The van der Waals surface area contributed by atoms with Gasteiger partial charge in [-0.05, 0) is 42.0 Å². The van der Waals surface area contributed by atoms with Crippen LogP contribution in [0.5, 0.6) is 5.75 Å². The zero-order chi connectivity index (χ0) is 19.6. The van der Waals surface area contributed by atoms with E-state index in [1.54, 1.807) is 24.3 Å². The van der Waals surface area contributed by atoms with Crippen LogP contribution in [0, 0.1) is 17.6 Å². The van der Waals surface area contributed by atoms with Crippen molar-refractivity contribution in [1.82, 2.24) is 10.6 Å². The van der Waals surface area contributed by atoms with E-state index >= 15 is 0 Å². The summed E-state index contributed by atoms with van der Waals surface area (Å²) in [4.78, 5) is 24.6. The van der Waals surface area contributed by atoms with Gasteiger partial charge in [0.05, 0.1) is 13.2 Å². The third-order valence-electron chi connectivity index (χ3n) is 4.21. The molecule has 1 saturated heterocycles. The standard InChI is InChI=1S/C19H17F2N3O3/c1-10-16(18(25)23-12-4-6-13(27-2)7-5-12)17(24-19(26)22-10)11-3-8-14(20)15(21)9-11/h3-9,16-17H,1H2,2H3,(H,23,25)(H2,22,24,26)/t16-,17-/m0/s1. The Morgan fingerprint density at radius 1 is 1.15 bits per heavy atom. The lowest BCUT2D eigenvalue weighted by molar-refractivity contribution is -0.119. The smallest absolute Gasteiger partial charge is 0.319 e. The molecule has 8 heteroatoms. The Kier molecular flexibility index (Phi) is 5.07. The summed E-state index contributed by atoms with van der Waals surface area (Å²) < 4.78 is 31.9. The first-order valence-corrected chi connectivity index (χ1v) is 8.05. The van der Waals surface area contributed by atoms with E-state index in [0.717, 1.165) is 12.1 Å². The molecular formula is C19H17F2N3O3. The quantitative estimate of drug-likeness (QED) is 0.771. The van der Waals surface area contributed by atoms with Gasteiger partial charge in [-0.25, -0.2) is 13.6 Å². The molecule has 2 aromatic carbocycles. The van der Waals surface area contributed by atoms with Crippen LogP contribution in [0.1, 0.15) is 11.6 Å². The van der Waals surface area contributed by atoms with E-state index in [0.29, 0.717) is 11.4 Å². The van der Waals surface area contributed by atoms with Crippen LogP contribution in [-0.4, -0.2) is 19.0 Å². The van der Waals surface area contributed by atoms with Gasteiger partial charge in [0, 0.05) is 11.4 Å². The number of hydrogen-bond donors (Lipinski definition) is 3. The van der Waals surface area contributed by atoms with E-state index in [1.807, 2.05) is 0 Å². The van der Waals surface area contributed by atoms with E-state index in [1.165, 1.54) is 13.2 Å². The Labute approximate surface area is 154 Å². The molecule has 6 nitrogen and oxygen atoms in total. The number of amides is 3. The molecule has 0 spiro atoms. The molecule has 0 aliphatic carbocycles. The molecule has 2 atom stereocenters. The minimum atomic E-state index is -1.07. The number of ether oxygens (including phenoxy) is 1. The SMILES string of the molecule is C=C1NC(=O)N[C@@H](c2ccc(F)c(F)c2)[C@H]1C(=O)Nc1ccc(OC)cc1. The second-order valence-electron chi connectivity index (χ2n) is 5.97. The van der Waals surface area contributed by atoms with E-state index in [9.17, 15) is 18.4 Å². The predicted molar refractivity (Wildman–Crippen MR) is 95.0 cm³/mol. The van der Waals surface area contributed by atoms with Crippen LogP contribution < -0.4 is 20.7 Å². The van der Waals surface area contributed by atoms with Gasteiger partial charge < -0.3 is 20.7 Å². The molecule has 1 aliphatic heterocycles. The molecular weight excluding hydrogens is 356 g/mol. The highest BCUT2D eigenvalue weighted by Crippen LogP contribution is 2.31. The summed E-state index contributed by atoms with van der Waals surface area (Å²) in [6, 6.07) is 8.39. The molecule has 3 amide bonds. The number of hydrogen-bond acceptors (Lipinski definition) is 3. The van der Waals surface area contributed by atoms with Gasteiger partial charge in [-0.3, -0.25) is 4.79 Å². The third kappa shape index (κ3) is 3.89. The fourth-order valence-corrected chi connectivity index (χ4v) is 2.87. The summed E-state index contributed by atoms with van der Waals surface area (Å²) in [6.45, 7) is 3.73. The molecule has 27 heavy (non-hydrogen) atoms. The summed E-state index contributed by atoms with van der Waals surface area (Å²) in [6.07, 6.45) is 0. The van der Waals surface area contributed by atoms with Gasteiger partial charge in [-0.2, -0.15) is 0 Å². The van der Waals surface area contributed by atoms with Crippen LogP contribution in [-0.2, 0) is 4.79 Å². The number of rotatable bonds is 4. The molecule has 3 rings (SSSR count). The van der Waals surface area contributed by atoms with Crippen LogP contribution in [0.25, 0.3) is 0 Å². The molecule has 0 bridgehead atoms. The van der Waals surface area contributed by atoms with Crippen molar-refractivity contribution in [2.45, 2.75) is 6.04 Å². The average Bonchev–Trinajstić information content (AvgIpc) is 2.63. The van der Waals surface area contributed by atoms with Gasteiger partial charge in [0.1, 0.15) is 11.7 Å². The number of nitrogens with one attached hydrogen (secondary N) is 3. The summed E-state index contributed by atoms with van der Waals surface area (Å²) in [5.74, 6) is -2.86. The number of methoxy groups -OCH3 is 1. The van der Waals surface area contributed by atoms with Crippen molar-refractivity contribution in [2.24, 2.45) is 5.92 Å². The topological polar surface area (TPSA) is 79.5 Å². The Morgan fingerprint density at radius 3 is 2.48 bits per heavy atom. The number of urea groups is 1. The highest BCUT2D eigenvalue weighted by atomic mass is 19.2. The largest absolute Gasteiger partial charge is 0.497 e. The molecule has 1 aliphatic rings. The Bertz CT molecular complexity index is 900. The van der Waals surface area contributed by atoms with Crippen molar-refractivity contribution < 1.29 is 23.1 Å². The van der Waals surface area contributed by atoms with Crippen molar-refractivity contribution in [2.75, 3.05) is 12.4 Å². The summed E-state index contributed by atoms with van der Waals surface area (Å²) >= 11 is 0. The molecule has 3 N–H and O–H groups in total. The van der Waals surface area contributed by atoms with Crippen LogP contribution in [0.4, 0.5) is 19.3 Å². The second kappa shape index (κ2) is 7.45. The van der Waals surface area contributed by atoms with Crippen molar-refractivity contribution in [1.29, 1.82) is 0 Å². The second-order valence-corrected chi connectivity index (χ2v) is 5.97. The summed E-state index contributed by atoms with van der Waals surface area (Å²) in [5, 5.41) is 7.73. The predicted octanol–water partition coefficient (Wildman–Crippen LogP) is 3.10. The maximum Gasteiger partial charge on any atom is 0.319 e. The van der Waals surface area contributed by atoms with Crippen LogP contribution in [0.2, 0.25) is 0 Å². The highest BCUT2D eigenvalue weighted by molar-refractivity contribution is 5.97. The molecule has 0 aromatic heterocycles. The third-order valence-corrected chi connectivity index (χ3v) is 4.21. The normalized spacial score (nSPS) is 19.1. The van der Waals surface area contributed by atoms with E-state index in [4.69, 9.17) is 4.74 Å². The zero-order valence-electron chi connectivity index (χ0n) is 14.4. The zero-order valence-corrected chi connectivity index (χ0v) is 14.4. The Morgan fingerprint density at radius 2 is 1.85 bits per heavy atom. The van der Waals surface area contributed by atoms with Gasteiger partial charge in [0.2, 0.25) is 5.91 Å². The first-order valence-electron chi connectivity index (χ1n) is 8.05. The number of halogens is 2. The molecule has 1 heterocycles. The van der Waals surface area contributed by atoms with Gasteiger partial charge in [0.25, 0.3) is 0 Å². The van der Waals surface area contributed by atoms with Gasteiger partial charge >= 0.3 is 6.03 Å². The van der Waals surface area contributed by atoms with E-state index in [2.05, 4.69) is 22.5 Å². The van der Waals surface area contributed by atoms with Crippen LogP contribution in [0.3, 0.4) is 0 Å². The van der Waals surface area contributed by atoms with E-state index < -0.39 is 35.5 Å². The van der Waals surface area contributed by atoms with Crippen molar-refractivity contribution in [3.63, 3.8) is 0 Å². The fraction of sp³-hybridized carbons (Fsp3) is 0.158. The lowest BCUT2D eigenvalue weighted by Gasteiger charge is -2.33. The first kappa shape index (κ1) is 18.4. The summed E-state index contributed by atoms with van der Waals surface area (Å²) in [7, 11) is 1.53. The molecule has 0 unspecified atom stereocenters. The van der Waals surface area contributed by atoms with Gasteiger partial charge in [0.15, 0.2) is 11.6 Å². The first-order chi connectivity index (χ1) is 12.9. The average molecular weight is 373 g/mol. The lowest BCUT2D eigenvalue weighted by Crippen LogP contribution is -2.51. The van der Waals surface area contributed by atoms with Gasteiger partial charge in [-0.15, -0.1) is 0 Å². The number of benzene rings is 2. The lowest BCUT2D eigenvalue weighted by atomic mass is 9.88. The Balaban J connectivity index is 1.88. The van der Waals surface area contributed by atoms with Crippen LogP contribution in [0.15, 0.2) is 54.7 Å². The monoisotopic (exact) mass is 373 g/mol. The Hall–Kier alpha value is -3.42. The minimum absolute atomic E-state index is 0.152. The maximum atomic E-state index is 13.6. The highest BCUT2D eigenvalue weighted by Gasteiger charge is 2.38. The number of anilines is 1.